The molecule has 1 aromatic rings. The summed E-state index contributed by atoms with van der Waals surface area (Å²) in [5.41, 5.74) is -0.121. The highest BCUT2D eigenvalue weighted by atomic mass is 32.2. The number of hydrogen-bond donors (Lipinski definition) is 2. The molecule has 0 aromatic carbocycles. The second kappa shape index (κ2) is 6.75. The van der Waals surface area contributed by atoms with Gasteiger partial charge in [0.15, 0.2) is 5.16 Å². The lowest BCUT2D eigenvalue weighted by molar-refractivity contribution is 0.534. The van der Waals surface area contributed by atoms with Crippen molar-refractivity contribution in [3.63, 3.8) is 0 Å². The maximum absolute atomic E-state index is 11.4. The molecular formula is C10H20N4OS. The molecule has 0 unspecified atom stereocenters. The minimum absolute atomic E-state index is 0.121. The van der Waals surface area contributed by atoms with Crippen LogP contribution in [0.1, 0.15) is 33.2 Å². The molecule has 1 heterocycles. The second-order valence-electron chi connectivity index (χ2n) is 3.83. The summed E-state index contributed by atoms with van der Waals surface area (Å²) in [5.74, 6) is 0.976. The quantitative estimate of drug-likeness (QED) is 0.559. The van der Waals surface area contributed by atoms with Crippen LogP contribution in [0.5, 0.6) is 0 Å². The van der Waals surface area contributed by atoms with Gasteiger partial charge in [-0.3, -0.25) is 4.57 Å². The molecule has 0 saturated heterocycles. The molecule has 0 saturated carbocycles. The van der Waals surface area contributed by atoms with Crippen LogP contribution < -0.4 is 11.0 Å². The SMILES string of the molecule is CCNCCCSc1n[nH]c(=O)n1C(C)C. The van der Waals surface area contributed by atoms with E-state index in [0.717, 1.165) is 30.4 Å². The molecule has 0 spiro atoms. The van der Waals surface area contributed by atoms with Crippen molar-refractivity contribution in [2.24, 2.45) is 0 Å². The van der Waals surface area contributed by atoms with Gasteiger partial charge in [-0.15, -0.1) is 5.10 Å². The third kappa shape index (κ3) is 3.68. The van der Waals surface area contributed by atoms with Gasteiger partial charge in [0, 0.05) is 11.8 Å². The fraction of sp³-hybridized carbons (Fsp3) is 0.800. The average Bonchev–Trinajstić information content (AvgIpc) is 2.59. The first kappa shape index (κ1) is 13.3. The fourth-order valence-electron chi connectivity index (χ4n) is 1.38. The highest BCUT2D eigenvalue weighted by Gasteiger charge is 2.10. The van der Waals surface area contributed by atoms with Crippen LogP contribution >= 0.6 is 11.8 Å². The first-order chi connectivity index (χ1) is 7.66. The van der Waals surface area contributed by atoms with Crippen molar-refractivity contribution in [3.05, 3.63) is 10.5 Å². The minimum atomic E-state index is -0.121. The van der Waals surface area contributed by atoms with Crippen molar-refractivity contribution in [1.29, 1.82) is 0 Å². The first-order valence-corrected chi connectivity index (χ1v) is 6.65. The van der Waals surface area contributed by atoms with E-state index in [1.807, 2.05) is 13.8 Å². The van der Waals surface area contributed by atoms with Crippen molar-refractivity contribution in [1.82, 2.24) is 20.1 Å². The van der Waals surface area contributed by atoms with E-state index in [-0.39, 0.29) is 11.7 Å². The van der Waals surface area contributed by atoms with Gasteiger partial charge >= 0.3 is 5.69 Å². The van der Waals surface area contributed by atoms with Crippen LogP contribution in [0.2, 0.25) is 0 Å². The Bertz CT molecular complexity index is 358. The third-order valence-electron chi connectivity index (χ3n) is 2.17. The predicted molar refractivity (Wildman–Crippen MR) is 67.1 cm³/mol. The van der Waals surface area contributed by atoms with Gasteiger partial charge in [0.1, 0.15) is 0 Å². The smallest absolute Gasteiger partial charge is 0.317 e. The fourth-order valence-corrected chi connectivity index (χ4v) is 2.40. The van der Waals surface area contributed by atoms with Crippen molar-refractivity contribution in [2.45, 2.75) is 38.4 Å². The molecule has 2 N–H and O–H groups in total. The molecule has 16 heavy (non-hydrogen) atoms. The van der Waals surface area contributed by atoms with E-state index in [4.69, 9.17) is 0 Å². The van der Waals surface area contributed by atoms with Crippen LogP contribution in [0.15, 0.2) is 9.95 Å². The number of aromatic nitrogens is 3. The lowest BCUT2D eigenvalue weighted by Crippen LogP contribution is -2.19. The molecule has 1 rings (SSSR count). The number of H-pyrrole nitrogens is 1. The molecule has 0 atom stereocenters. The number of aromatic amines is 1. The van der Waals surface area contributed by atoms with E-state index >= 15 is 0 Å². The molecule has 0 aliphatic rings. The van der Waals surface area contributed by atoms with E-state index in [1.165, 1.54) is 0 Å². The van der Waals surface area contributed by atoms with Gasteiger partial charge in [-0.25, -0.2) is 9.89 Å². The van der Waals surface area contributed by atoms with Crippen molar-refractivity contribution < 1.29 is 0 Å². The Hall–Kier alpha value is -0.750. The summed E-state index contributed by atoms with van der Waals surface area (Å²) < 4.78 is 1.69. The van der Waals surface area contributed by atoms with Crippen LogP contribution in [0.3, 0.4) is 0 Å². The van der Waals surface area contributed by atoms with Crippen molar-refractivity contribution in [2.75, 3.05) is 18.8 Å². The first-order valence-electron chi connectivity index (χ1n) is 5.67. The molecule has 0 bridgehead atoms. The van der Waals surface area contributed by atoms with Crippen LogP contribution in [0.4, 0.5) is 0 Å². The number of nitrogens with zero attached hydrogens (tertiary/aromatic N) is 2. The molecule has 1 aromatic heterocycles. The molecule has 0 fully saturated rings. The lowest BCUT2D eigenvalue weighted by atomic mass is 10.4. The minimum Gasteiger partial charge on any atom is -0.317 e. The Morgan fingerprint density at radius 1 is 1.56 bits per heavy atom. The summed E-state index contributed by atoms with van der Waals surface area (Å²) in [4.78, 5) is 11.4. The zero-order valence-electron chi connectivity index (χ0n) is 10.1. The molecule has 5 nitrogen and oxygen atoms in total. The number of thioether (sulfide) groups is 1. The topological polar surface area (TPSA) is 62.7 Å². The molecule has 92 valence electrons. The maximum Gasteiger partial charge on any atom is 0.344 e. The number of nitrogens with one attached hydrogen (secondary N) is 2. The third-order valence-corrected chi connectivity index (χ3v) is 3.21. The highest BCUT2D eigenvalue weighted by molar-refractivity contribution is 7.99. The van der Waals surface area contributed by atoms with Gasteiger partial charge < -0.3 is 5.32 Å². The van der Waals surface area contributed by atoms with Crippen LogP contribution in [-0.4, -0.2) is 33.6 Å². The zero-order valence-corrected chi connectivity index (χ0v) is 10.9. The Kier molecular flexibility index (Phi) is 5.62. The van der Waals surface area contributed by atoms with E-state index in [2.05, 4.69) is 22.4 Å². The standard InChI is InChI=1S/C10H20N4OS/c1-4-11-6-5-7-16-10-13-12-9(15)14(10)8(2)3/h8,11H,4-7H2,1-3H3,(H,12,15). The van der Waals surface area contributed by atoms with E-state index in [0.29, 0.717) is 0 Å². The molecule has 0 amide bonds. The van der Waals surface area contributed by atoms with E-state index in [9.17, 15) is 4.79 Å². The van der Waals surface area contributed by atoms with Gasteiger partial charge in [0.05, 0.1) is 0 Å². The summed E-state index contributed by atoms with van der Waals surface area (Å²) in [6.07, 6.45) is 1.08. The summed E-state index contributed by atoms with van der Waals surface area (Å²) in [6.45, 7) is 8.08. The number of rotatable bonds is 7. The van der Waals surface area contributed by atoms with Crippen LogP contribution in [0.25, 0.3) is 0 Å². The van der Waals surface area contributed by atoms with Crippen molar-refractivity contribution in [3.8, 4) is 0 Å². The van der Waals surface area contributed by atoms with Crippen LogP contribution in [-0.2, 0) is 0 Å². The maximum atomic E-state index is 11.4. The molecule has 0 aliphatic carbocycles. The Labute approximate surface area is 100 Å². The van der Waals surface area contributed by atoms with Gasteiger partial charge in [0.2, 0.25) is 0 Å². The summed E-state index contributed by atoms with van der Waals surface area (Å²) in [6, 6.07) is 0.155. The largest absolute Gasteiger partial charge is 0.344 e. The summed E-state index contributed by atoms with van der Waals surface area (Å²) in [7, 11) is 0. The normalized spacial score (nSPS) is 11.2. The second-order valence-corrected chi connectivity index (χ2v) is 4.89. The summed E-state index contributed by atoms with van der Waals surface area (Å²) in [5, 5.41) is 10.6. The molecule has 6 heteroatoms. The summed E-state index contributed by atoms with van der Waals surface area (Å²) >= 11 is 1.63. The Balaban J connectivity index is 2.45. The van der Waals surface area contributed by atoms with Crippen molar-refractivity contribution >= 4 is 11.8 Å². The molecular weight excluding hydrogens is 224 g/mol. The predicted octanol–water partition coefficient (Wildman–Crippen LogP) is 1.24. The van der Waals surface area contributed by atoms with Gasteiger partial charge in [-0.1, -0.05) is 18.7 Å². The zero-order chi connectivity index (χ0) is 12.0. The average molecular weight is 244 g/mol. The van der Waals surface area contributed by atoms with Crippen LogP contribution in [0, 0.1) is 0 Å². The monoisotopic (exact) mass is 244 g/mol. The molecule has 0 aliphatic heterocycles. The molecule has 0 radical (unpaired) electrons. The van der Waals surface area contributed by atoms with E-state index in [1.54, 1.807) is 16.3 Å². The number of hydrogen-bond acceptors (Lipinski definition) is 4. The lowest BCUT2D eigenvalue weighted by Gasteiger charge is -2.08. The Morgan fingerprint density at radius 2 is 2.31 bits per heavy atom. The van der Waals surface area contributed by atoms with Gasteiger partial charge in [-0.05, 0) is 33.4 Å². The Morgan fingerprint density at radius 3 is 2.94 bits per heavy atom. The van der Waals surface area contributed by atoms with E-state index < -0.39 is 0 Å². The van der Waals surface area contributed by atoms with Gasteiger partial charge in [-0.2, -0.15) is 0 Å². The van der Waals surface area contributed by atoms with Gasteiger partial charge in [0.25, 0.3) is 0 Å². The highest BCUT2D eigenvalue weighted by Crippen LogP contribution is 2.17.